The van der Waals surface area contributed by atoms with Crippen molar-refractivity contribution in [1.29, 1.82) is 0 Å². The average Bonchev–Trinajstić information content (AvgIpc) is 2.80. The summed E-state index contributed by atoms with van der Waals surface area (Å²) < 4.78 is 0. The summed E-state index contributed by atoms with van der Waals surface area (Å²) in [6.07, 6.45) is 1.96. The van der Waals surface area contributed by atoms with Crippen LogP contribution in [-0.2, 0) is 0 Å². The van der Waals surface area contributed by atoms with E-state index in [2.05, 4.69) is 35.6 Å². The highest BCUT2D eigenvalue weighted by molar-refractivity contribution is 5.59. The molecule has 0 aliphatic carbocycles. The molecule has 1 heterocycles. The molecule has 0 aliphatic heterocycles. The van der Waals surface area contributed by atoms with E-state index in [1.54, 1.807) is 0 Å². The van der Waals surface area contributed by atoms with Gasteiger partial charge >= 0.3 is 0 Å². The molecule has 1 N–H and O–H groups in total. The first-order valence-corrected chi connectivity index (χ1v) is 5.97. The van der Waals surface area contributed by atoms with Crippen LogP contribution in [0.5, 0.6) is 0 Å². The van der Waals surface area contributed by atoms with E-state index in [9.17, 15) is 0 Å². The Morgan fingerprint density at radius 3 is 2.71 bits per heavy atom. The molecule has 0 fully saturated rings. The highest BCUT2D eigenvalue weighted by atomic mass is 15.2. The number of hydrogen-bond donors (Lipinski definition) is 1. The fourth-order valence-corrected chi connectivity index (χ4v) is 1.89. The van der Waals surface area contributed by atoms with Crippen molar-refractivity contribution in [1.82, 2.24) is 9.97 Å². The van der Waals surface area contributed by atoms with Gasteiger partial charge in [0.2, 0.25) is 0 Å². The lowest BCUT2D eigenvalue weighted by Crippen LogP contribution is -2.21. The van der Waals surface area contributed by atoms with E-state index in [1.807, 2.05) is 30.5 Å². The highest BCUT2D eigenvalue weighted by Gasteiger charge is 2.08. The largest absolute Gasteiger partial charge is 0.356 e. The van der Waals surface area contributed by atoms with Crippen molar-refractivity contribution in [3.63, 3.8) is 0 Å². The molecule has 1 radical (unpaired) electrons. The summed E-state index contributed by atoms with van der Waals surface area (Å²) in [7, 11) is 0. The van der Waals surface area contributed by atoms with Crippen LogP contribution < -0.4 is 4.90 Å². The van der Waals surface area contributed by atoms with Crippen LogP contribution in [-0.4, -0.2) is 23.1 Å². The molecule has 2 aromatic rings. The van der Waals surface area contributed by atoms with E-state index in [4.69, 9.17) is 0 Å². The normalized spacial score (nSPS) is 10.5. The summed E-state index contributed by atoms with van der Waals surface area (Å²) in [6, 6.07) is 8.05. The maximum Gasteiger partial charge on any atom is 0.147 e. The minimum atomic E-state index is 0.900. The molecule has 0 amide bonds. The van der Waals surface area contributed by atoms with E-state index in [-0.39, 0.29) is 0 Å². The van der Waals surface area contributed by atoms with Crippen molar-refractivity contribution in [2.24, 2.45) is 0 Å². The number of hydrogen-bond acceptors (Lipinski definition) is 2. The molecule has 1 aromatic heterocycles. The predicted molar refractivity (Wildman–Crippen MR) is 72.0 cm³/mol. The minimum absolute atomic E-state index is 0.900. The van der Waals surface area contributed by atoms with Gasteiger partial charge < -0.3 is 9.88 Å². The van der Waals surface area contributed by atoms with E-state index in [0.717, 1.165) is 35.9 Å². The molecule has 0 atom stereocenters. The van der Waals surface area contributed by atoms with Gasteiger partial charge in [-0.3, -0.25) is 0 Å². The maximum absolute atomic E-state index is 4.61. The standard InChI is InChI=1S/C14H18N3/c1-4-17(5-2)13-10-15-14(16-13)12-8-6-7-11(3)9-12/h6-10H,3-5H2,1-2H3,(H,15,16). The molecule has 89 valence electrons. The van der Waals surface area contributed by atoms with E-state index in [1.165, 1.54) is 0 Å². The lowest BCUT2D eigenvalue weighted by atomic mass is 10.1. The fourth-order valence-electron chi connectivity index (χ4n) is 1.89. The Bertz CT molecular complexity index is 484. The van der Waals surface area contributed by atoms with Gasteiger partial charge in [0.15, 0.2) is 0 Å². The third-order valence-corrected chi connectivity index (χ3v) is 2.85. The Kier molecular flexibility index (Phi) is 3.47. The van der Waals surface area contributed by atoms with E-state index in [0.29, 0.717) is 0 Å². The number of aromatic amines is 1. The number of benzene rings is 1. The minimum Gasteiger partial charge on any atom is -0.356 e. The quantitative estimate of drug-likeness (QED) is 0.872. The van der Waals surface area contributed by atoms with Crippen molar-refractivity contribution in [3.05, 3.63) is 42.9 Å². The number of H-pyrrole nitrogens is 1. The van der Waals surface area contributed by atoms with Gasteiger partial charge in [0.25, 0.3) is 0 Å². The second kappa shape index (κ2) is 5.04. The SMILES string of the molecule is [CH2]c1cccc(-c2nc(N(CC)CC)c[nH]2)c1. The summed E-state index contributed by atoms with van der Waals surface area (Å²) in [5.74, 6) is 1.90. The molecule has 3 heteroatoms. The second-order valence-electron chi connectivity index (χ2n) is 3.98. The summed E-state index contributed by atoms with van der Waals surface area (Å²) in [4.78, 5) is 10.0. The van der Waals surface area contributed by atoms with Crippen LogP contribution in [0.2, 0.25) is 0 Å². The third-order valence-electron chi connectivity index (χ3n) is 2.85. The first kappa shape index (κ1) is 11.7. The second-order valence-corrected chi connectivity index (χ2v) is 3.98. The number of nitrogens with one attached hydrogen (secondary N) is 1. The van der Waals surface area contributed by atoms with Gasteiger partial charge in [-0.2, -0.15) is 0 Å². The number of imidazole rings is 1. The zero-order valence-corrected chi connectivity index (χ0v) is 10.4. The summed E-state index contributed by atoms with van der Waals surface area (Å²) >= 11 is 0. The molecule has 0 bridgehead atoms. The molecule has 17 heavy (non-hydrogen) atoms. The molecule has 2 rings (SSSR count). The van der Waals surface area contributed by atoms with E-state index < -0.39 is 0 Å². The number of nitrogens with zero attached hydrogens (tertiary/aromatic N) is 2. The van der Waals surface area contributed by atoms with Gasteiger partial charge in [0.05, 0.1) is 0 Å². The molecule has 0 aliphatic rings. The molecule has 3 nitrogen and oxygen atoms in total. The van der Waals surface area contributed by atoms with Gasteiger partial charge in [-0.15, -0.1) is 0 Å². The number of anilines is 1. The fraction of sp³-hybridized carbons (Fsp3) is 0.286. The molecular formula is C14H18N3. The zero-order chi connectivity index (χ0) is 12.3. The summed E-state index contributed by atoms with van der Waals surface area (Å²) in [5, 5.41) is 0. The van der Waals surface area contributed by atoms with Crippen LogP contribution in [0.1, 0.15) is 19.4 Å². The molecule has 0 saturated carbocycles. The van der Waals surface area contributed by atoms with Crippen LogP contribution in [0.4, 0.5) is 5.82 Å². The third kappa shape index (κ3) is 2.49. The monoisotopic (exact) mass is 228 g/mol. The topological polar surface area (TPSA) is 31.9 Å². The lowest BCUT2D eigenvalue weighted by molar-refractivity contribution is 0.851. The number of aromatic nitrogens is 2. The highest BCUT2D eigenvalue weighted by Crippen LogP contribution is 2.20. The van der Waals surface area contributed by atoms with Crippen LogP contribution in [0.3, 0.4) is 0 Å². The van der Waals surface area contributed by atoms with Crippen LogP contribution in [0, 0.1) is 6.92 Å². The van der Waals surface area contributed by atoms with Crippen molar-refractivity contribution < 1.29 is 0 Å². The van der Waals surface area contributed by atoms with Gasteiger partial charge in [-0.05, 0) is 32.4 Å². The van der Waals surface area contributed by atoms with Crippen LogP contribution in [0.25, 0.3) is 11.4 Å². The van der Waals surface area contributed by atoms with Crippen LogP contribution >= 0.6 is 0 Å². The Labute approximate surface area is 103 Å². The first-order valence-electron chi connectivity index (χ1n) is 5.97. The molecule has 0 spiro atoms. The van der Waals surface area contributed by atoms with Gasteiger partial charge in [0, 0.05) is 24.8 Å². The maximum atomic E-state index is 4.61. The Hall–Kier alpha value is -1.77. The summed E-state index contributed by atoms with van der Waals surface area (Å²) in [6.45, 7) is 10.1. The van der Waals surface area contributed by atoms with Crippen molar-refractivity contribution in [2.45, 2.75) is 13.8 Å². The zero-order valence-electron chi connectivity index (χ0n) is 10.4. The van der Waals surface area contributed by atoms with E-state index >= 15 is 0 Å². The molecule has 0 saturated heterocycles. The Morgan fingerprint density at radius 2 is 2.06 bits per heavy atom. The molecule has 0 unspecified atom stereocenters. The van der Waals surface area contributed by atoms with Crippen molar-refractivity contribution in [2.75, 3.05) is 18.0 Å². The average molecular weight is 228 g/mol. The first-order chi connectivity index (χ1) is 8.24. The molecular weight excluding hydrogens is 210 g/mol. The van der Waals surface area contributed by atoms with Crippen LogP contribution in [0.15, 0.2) is 30.5 Å². The Morgan fingerprint density at radius 1 is 1.29 bits per heavy atom. The van der Waals surface area contributed by atoms with Crippen molar-refractivity contribution in [3.8, 4) is 11.4 Å². The van der Waals surface area contributed by atoms with Crippen molar-refractivity contribution >= 4 is 5.82 Å². The van der Waals surface area contributed by atoms with Gasteiger partial charge in [0.1, 0.15) is 11.6 Å². The van der Waals surface area contributed by atoms with Gasteiger partial charge in [-0.25, -0.2) is 4.98 Å². The lowest BCUT2D eigenvalue weighted by Gasteiger charge is -2.16. The smallest absolute Gasteiger partial charge is 0.147 e. The molecule has 1 aromatic carbocycles. The van der Waals surface area contributed by atoms with Gasteiger partial charge in [-0.1, -0.05) is 18.2 Å². The predicted octanol–water partition coefficient (Wildman–Crippen LogP) is 3.11. The summed E-state index contributed by atoms with van der Waals surface area (Å²) in [5.41, 5.74) is 2.08. The number of rotatable bonds is 4. The Balaban J connectivity index is 2.29.